The average molecular weight is 797 g/mol. The van der Waals surface area contributed by atoms with Crippen LogP contribution in [0.1, 0.15) is 43.5 Å². The number of fused-ring (bicyclic) bond motifs is 1. The van der Waals surface area contributed by atoms with Gasteiger partial charge >= 0.3 is 11.9 Å². The highest BCUT2D eigenvalue weighted by Gasteiger charge is 2.34. The molecule has 0 fully saturated rings. The predicted octanol–water partition coefficient (Wildman–Crippen LogP) is 5.01. The molecule has 1 atom stereocenters. The number of ether oxygens (including phenoxy) is 6. The number of allylic oxidation sites excluding steroid dienone is 1. The van der Waals surface area contributed by atoms with Crippen molar-refractivity contribution in [3.63, 3.8) is 0 Å². The molecule has 0 unspecified atom stereocenters. The van der Waals surface area contributed by atoms with Crippen molar-refractivity contribution in [3.8, 4) is 23.0 Å². The van der Waals surface area contributed by atoms with Gasteiger partial charge < -0.3 is 28.4 Å². The van der Waals surface area contributed by atoms with Crippen molar-refractivity contribution in [2.24, 2.45) is 4.99 Å². The third-order valence-electron chi connectivity index (χ3n) is 7.76. The fraction of sp³-hybridized carbons (Fsp3) is 0.278. The molecule has 0 bridgehead atoms. The Morgan fingerprint density at radius 1 is 1.00 bits per heavy atom. The number of nitro benzene ring substituents is 1. The predicted molar refractivity (Wildman–Crippen MR) is 194 cm³/mol. The Morgan fingerprint density at radius 2 is 1.75 bits per heavy atom. The third-order valence-corrected chi connectivity index (χ3v) is 9.20. The number of hydrogen-bond acceptors (Lipinski definition) is 13. The topological polar surface area (TPSA) is 167 Å². The SMILES string of the molecule is CCOC(=O)C1=C(C)N=c2s/c(=C/c3cc(Br)cc(OC)c3OCc3ccc([N+](=O)[O-])cc3)c(=O)n2[C@@H]1c1ccc(OCC(=O)OC)c(OCC)c1. The van der Waals surface area contributed by atoms with E-state index in [4.69, 9.17) is 23.7 Å². The summed E-state index contributed by atoms with van der Waals surface area (Å²) in [5, 5.41) is 11.1. The number of methoxy groups -OCH3 is 2. The van der Waals surface area contributed by atoms with Crippen molar-refractivity contribution >= 4 is 51.0 Å². The number of rotatable bonds is 14. The normalized spacial score (nSPS) is 13.9. The molecule has 3 aromatic carbocycles. The second-order valence-corrected chi connectivity index (χ2v) is 13.0. The number of nitro groups is 1. The number of non-ortho nitro benzene ring substituents is 1. The van der Waals surface area contributed by atoms with Crippen molar-refractivity contribution in [2.75, 3.05) is 34.0 Å². The van der Waals surface area contributed by atoms with E-state index >= 15 is 0 Å². The maximum atomic E-state index is 14.4. The summed E-state index contributed by atoms with van der Waals surface area (Å²) in [6, 6.07) is 13.4. The Labute approximate surface area is 309 Å². The first-order valence-corrected chi connectivity index (χ1v) is 17.5. The molecule has 1 aliphatic rings. The van der Waals surface area contributed by atoms with E-state index in [1.807, 2.05) is 0 Å². The summed E-state index contributed by atoms with van der Waals surface area (Å²) < 4.78 is 35.8. The minimum absolute atomic E-state index is 0.0438. The fourth-order valence-electron chi connectivity index (χ4n) is 5.40. The molecule has 4 aromatic rings. The number of aromatic nitrogens is 1. The first kappa shape index (κ1) is 37.8. The van der Waals surface area contributed by atoms with E-state index in [1.165, 1.54) is 30.9 Å². The molecule has 272 valence electrons. The molecule has 5 rings (SSSR count). The lowest BCUT2D eigenvalue weighted by molar-refractivity contribution is -0.384. The Hall–Kier alpha value is -5.48. The van der Waals surface area contributed by atoms with Gasteiger partial charge in [-0.25, -0.2) is 14.6 Å². The monoisotopic (exact) mass is 795 g/mol. The van der Waals surface area contributed by atoms with E-state index in [1.54, 1.807) is 69.3 Å². The van der Waals surface area contributed by atoms with Crippen molar-refractivity contribution in [2.45, 2.75) is 33.4 Å². The first-order chi connectivity index (χ1) is 25.0. The second kappa shape index (κ2) is 16.7. The zero-order valence-electron chi connectivity index (χ0n) is 28.8. The van der Waals surface area contributed by atoms with Gasteiger partial charge in [-0.15, -0.1) is 0 Å². The van der Waals surface area contributed by atoms with E-state index in [-0.39, 0.29) is 48.0 Å². The number of esters is 2. The highest BCUT2D eigenvalue weighted by atomic mass is 79.9. The van der Waals surface area contributed by atoms with E-state index in [9.17, 15) is 24.5 Å². The van der Waals surface area contributed by atoms with E-state index in [2.05, 4.69) is 25.7 Å². The summed E-state index contributed by atoms with van der Waals surface area (Å²) >= 11 is 4.63. The van der Waals surface area contributed by atoms with Crippen LogP contribution in [0.3, 0.4) is 0 Å². The van der Waals surface area contributed by atoms with Crippen molar-refractivity contribution in [3.05, 3.63) is 117 Å². The summed E-state index contributed by atoms with van der Waals surface area (Å²) in [5.41, 5.74) is 1.75. The van der Waals surface area contributed by atoms with Crippen molar-refractivity contribution in [1.82, 2.24) is 4.57 Å². The third kappa shape index (κ3) is 8.18. The number of halogens is 1. The Bertz CT molecular complexity index is 2230. The Balaban J connectivity index is 1.63. The van der Waals surface area contributed by atoms with Gasteiger partial charge in [-0.1, -0.05) is 33.3 Å². The molecule has 0 saturated heterocycles. The van der Waals surface area contributed by atoms with Gasteiger partial charge in [-0.2, -0.15) is 0 Å². The first-order valence-electron chi connectivity index (χ1n) is 15.9. The van der Waals surface area contributed by atoms with Crippen molar-refractivity contribution in [1.29, 1.82) is 0 Å². The summed E-state index contributed by atoms with van der Waals surface area (Å²) in [6.45, 7) is 5.23. The molecule has 0 aliphatic carbocycles. The molecule has 52 heavy (non-hydrogen) atoms. The number of carbonyl (C=O) groups is 2. The standard InChI is InChI=1S/C36H34BrN3O11S/c1-6-48-27-15-22(10-13-26(27)50-19-30(41)47-5)32-31(35(43)49-7-2)20(3)38-36-39(32)34(42)29(52-36)16-23-14-24(37)17-28(46-4)33(23)51-18-21-8-11-25(12-9-21)40(44)45/h8-17,32H,6-7,18-19H2,1-5H3/b29-16+/t32-/m1/s1. The highest BCUT2D eigenvalue weighted by Crippen LogP contribution is 2.38. The zero-order valence-corrected chi connectivity index (χ0v) is 31.2. The van der Waals surface area contributed by atoms with Gasteiger partial charge in [0.05, 0.1) is 54.2 Å². The molecule has 0 N–H and O–H groups in total. The van der Waals surface area contributed by atoms with Gasteiger partial charge in [0.2, 0.25) is 0 Å². The summed E-state index contributed by atoms with van der Waals surface area (Å²) in [5.74, 6) is 0.0624. The molecule has 1 aliphatic heterocycles. The number of hydrogen-bond donors (Lipinski definition) is 0. The minimum atomic E-state index is -0.957. The molecule has 0 spiro atoms. The molecule has 0 radical (unpaired) electrons. The molecule has 16 heteroatoms. The van der Waals surface area contributed by atoms with E-state index < -0.39 is 28.5 Å². The molecular weight excluding hydrogens is 762 g/mol. The van der Waals surface area contributed by atoms with Gasteiger partial charge in [0.25, 0.3) is 11.2 Å². The Morgan fingerprint density at radius 3 is 2.40 bits per heavy atom. The lowest BCUT2D eigenvalue weighted by Gasteiger charge is -2.25. The van der Waals surface area contributed by atoms with Crippen LogP contribution in [0.4, 0.5) is 5.69 Å². The molecule has 1 aromatic heterocycles. The summed E-state index contributed by atoms with van der Waals surface area (Å²) in [4.78, 5) is 55.2. The fourth-order valence-corrected chi connectivity index (χ4v) is 6.89. The maximum absolute atomic E-state index is 14.4. The maximum Gasteiger partial charge on any atom is 0.343 e. The lowest BCUT2D eigenvalue weighted by atomic mass is 9.95. The smallest absolute Gasteiger partial charge is 0.343 e. The van der Waals surface area contributed by atoms with Crippen LogP contribution < -0.4 is 33.8 Å². The van der Waals surface area contributed by atoms with Crippen LogP contribution in [0.25, 0.3) is 6.08 Å². The number of carbonyl (C=O) groups excluding carboxylic acids is 2. The highest BCUT2D eigenvalue weighted by molar-refractivity contribution is 9.10. The van der Waals surface area contributed by atoms with Gasteiger partial charge in [0, 0.05) is 22.2 Å². The second-order valence-electron chi connectivity index (χ2n) is 11.0. The van der Waals surface area contributed by atoms with Crippen LogP contribution in [-0.2, 0) is 25.7 Å². The van der Waals surface area contributed by atoms with Crippen LogP contribution in [0.15, 0.2) is 80.1 Å². The van der Waals surface area contributed by atoms with Crippen molar-refractivity contribution < 1.29 is 42.9 Å². The quantitative estimate of drug-likeness (QED) is 0.0957. The van der Waals surface area contributed by atoms with Crippen LogP contribution >= 0.6 is 27.3 Å². The van der Waals surface area contributed by atoms with Gasteiger partial charge in [-0.3, -0.25) is 19.5 Å². The molecule has 14 nitrogen and oxygen atoms in total. The number of nitrogens with zero attached hydrogens (tertiary/aromatic N) is 3. The Kier molecular flexibility index (Phi) is 12.1. The van der Waals surface area contributed by atoms with Crippen LogP contribution in [0.2, 0.25) is 0 Å². The summed E-state index contributed by atoms with van der Waals surface area (Å²) in [7, 11) is 2.74. The van der Waals surface area contributed by atoms with Gasteiger partial charge in [-0.05, 0) is 74.4 Å². The van der Waals surface area contributed by atoms with Crippen LogP contribution in [-0.4, -0.2) is 55.5 Å². The van der Waals surface area contributed by atoms with Crippen LogP contribution in [0, 0.1) is 10.1 Å². The number of benzene rings is 3. The molecule has 0 amide bonds. The molecule has 2 heterocycles. The lowest BCUT2D eigenvalue weighted by Crippen LogP contribution is -2.40. The minimum Gasteiger partial charge on any atom is -0.493 e. The van der Waals surface area contributed by atoms with Gasteiger partial charge in [0.1, 0.15) is 6.61 Å². The largest absolute Gasteiger partial charge is 0.493 e. The molecule has 0 saturated carbocycles. The van der Waals surface area contributed by atoms with E-state index in [0.717, 1.165) is 11.3 Å². The number of thiazole rings is 1. The average Bonchev–Trinajstić information content (AvgIpc) is 3.43. The van der Waals surface area contributed by atoms with E-state index in [0.29, 0.717) is 48.9 Å². The van der Waals surface area contributed by atoms with Gasteiger partial charge in [0.15, 0.2) is 34.4 Å². The molecular formula is C36H34BrN3O11S. The van der Waals surface area contributed by atoms with Crippen LogP contribution in [0.5, 0.6) is 23.0 Å². The summed E-state index contributed by atoms with van der Waals surface area (Å²) in [6.07, 6.45) is 1.65. The zero-order chi connectivity index (χ0) is 37.5.